The van der Waals surface area contributed by atoms with Crippen molar-refractivity contribution in [2.24, 2.45) is 0 Å². The van der Waals surface area contributed by atoms with Gasteiger partial charge in [0.2, 0.25) is 26.0 Å². The van der Waals surface area contributed by atoms with Gasteiger partial charge in [-0.25, -0.2) is 44.3 Å². The van der Waals surface area contributed by atoms with Crippen molar-refractivity contribution in [3.63, 3.8) is 0 Å². The van der Waals surface area contributed by atoms with Crippen molar-refractivity contribution in [2.75, 3.05) is 165 Å². The van der Waals surface area contributed by atoms with Crippen LogP contribution in [0.15, 0.2) is 124 Å². The molecule has 9 rings (SSSR count). The minimum atomic E-state index is -3.89. The quantitative estimate of drug-likeness (QED) is 0.0164. The number of Topliss-reactive ketones (excluding diaryl/α,β-unsaturated/α-hetero) is 1. The first kappa shape index (κ1) is 100. The van der Waals surface area contributed by atoms with Crippen LogP contribution in [0.25, 0.3) is 0 Å². The Labute approximate surface area is 752 Å². The van der Waals surface area contributed by atoms with Gasteiger partial charge in [0, 0.05) is 164 Å². The molecule has 0 fully saturated rings. The summed E-state index contributed by atoms with van der Waals surface area (Å²) < 4.78 is 120. The van der Waals surface area contributed by atoms with Gasteiger partial charge in [-0.2, -0.15) is 0 Å². The summed E-state index contributed by atoms with van der Waals surface area (Å²) >= 11 is 38.9. The van der Waals surface area contributed by atoms with Crippen LogP contribution in [0.3, 0.4) is 0 Å². The molecule has 3 heterocycles. The molecule has 0 aromatic heterocycles. The average molecular weight is 1880 g/mol. The van der Waals surface area contributed by atoms with Gasteiger partial charge in [0.25, 0.3) is 0 Å². The predicted octanol–water partition coefficient (Wildman–Crippen LogP) is 12.3. The number of hydrogen-bond acceptors (Lipinski definition) is 20. The Morgan fingerprint density at radius 3 is 1.18 bits per heavy atom. The summed E-state index contributed by atoms with van der Waals surface area (Å²) in [6.07, 6.45) is 3.30. The number of carboxylic acids is 1. The first-order valence-corrected chi connectivity index (χ1v) is 48.3. The summed E-state index contributed by atoms with van der Waals surface area (Å²) in [6.45, 7) is 6.74. The van der Waals surface area contributed by atoms with Crippen molar-refractivity contribution in [1.29, 1.82) is 0 Å². The van der Waals surface area contributed by atoms with Crippen LogP contribution < -0.4 is 36.0 Å². The van der Waals surface area contributed by atoms with E-state index in [1.54, 1.807) is 66.7 Å². The Balaban J connectivity index is 0.672. The van der Waals surface area contributed by atoms with Crippen LogP contribution in [0.1, 0.15) is 151 Å². The molecule has 0 spiro atoms. The van der Waals surface area contributed by atoms with Gasteiger partial charge < -0.3 is 74.8 Å². The standard InChI is InChI=1S/C86H114Cl6N10O18S3/c1-100-54-73(70-48-63(87)51-79(90)76(70)57-100)60-13-6-18-67(45-60)121(109,110)44-12-33-116-39-40-117-34-28-95-84(107)93-26-10-24-86(99-82(104)21-22-83(105)106,23-5-4-16-66(103)17-9-32-115-38-41-119-36-30-97-122(111,112)68-19-7-14-61(46-68)74-55-101(2)58-77-71(74)49-64(88)52-80(77)91)25-11-27-94-85(108)96-29-35-118-42-43-120-37-31-98-123(113,114)69-20-8-15-62(47-69)75-56-102(3)59-78-72(75)50-65(89)53-81(78)92/h6-8,13-15,18-20,45-53,73-75,97-98H,4-5,9-12,16-17,21-44,54-59H2,1-3H3,(H,99,104)(H,105,106)(H2,93,95,107)(H2,94,96,108)/t73-,74-,75-,86?/m0/s1. The van der Waals surface area contributed by atoms with Gasteiger partial charge in [-0.05, 0) is 195 Å². The number of nitrogens with zero attached hydrogens (tertiary/aromatic N) is 3. The number of carbonyl (C=O) groups excluding carboxylic acids is 4. The van der Waals surface area contributed by atoms with Gasteiger partial charge in [-0.1, -0.05) is 112 Å². The van der Waals surface area contributed by atoms with Crippen molar-refractivity contribution >= 4 is 129 Å². The Kier molecular flexibility index (Phi) is 41.1. The number of likely N-dealkylation sites (N-methyl/N-ethyl adjacent to an activating group) is 3. The molecule has 4 atom stereocenters. The number of carbonyl (C=O) groups is 5. The lowest BCUT2D eigenvalue weighted by Crippen LogP contribution is -2.50. The molecule has 8 N–H and O–H groups in total. The molecule has 0 bridgehead atoms. The molecular formula is C86H114Cl6N10O18S3. The van der Waals surface area contributed by atoms with E-state index in [9.17, 15) is 54.3 Å². The molecule has 0 aliphatic carbocycles. The van der Waals surface area contributed by atoms with E-state index in [4.69, 9.17) is 98.0 Å². The average Bonchev–Trinajstić information content (AvgIpc) is 0.780. The predicted molar refractivity (Wildman–Crippen MR) is 477 cm³/mol. The van der Waals surface area contributed by atoms with Gasteiger partial charge >= 0.3 is 18.0 Å². The number of hydrogen-bond donors (Lipinski definition) is 8. The Morgan fingerprint density at radius 1 is 0.407 bits per heavy atom. The molecule has 1 unspecified atom stereocenters. The Morgan fingerprint density at radius 2 is 0.764 bits per heavy atom. The molecule has 0 radical (unpaired) electrons. The number of urea groups is 2. The van der Waals surface area contributed by atoms with E-state index in [1.165, 1.54) is 6.07 Å². The second kappa shape index (κ2) is 50.4. The van der Waals surface area contributed by atoms with E-state index in [0.29, 0.717) is 121 Å². The third-order valence-electron chi connectivity index (χ3n) is 21.5. The molecule has 6 aromatic rings. The number of sulfone groups is 1. The molecular weight excluding hydrogens is 1770 g/mol. The van der Waals surface area contributed by atoms with Crippen LogP contribution >= 0.6 is 69.6 Å². The fourth-order valence-corrected chi connectivity index (χ4v) is 20.7. The topological polar surface area (TPSA) is 357 Å². The van der Waals surface area contributed by atoms with Crippen LogP contribution in [0, 0.1) is 0 Å². The number of fused-ring (bicyclic) bond motifs is 3. The van der Waals surface area contributed by atoms with Gasteiger partial charge in [0.1, 0.15) is 5.78 Å². The summed E-state index contributed by atoms with van der Waals surface area (Å²) in [7, 11) is -5.44. The highest BCUT2D eigenvalue weighted by Gasteiger charge is 2.35. The van der Waals surface area contributed by atoms with Gasteiger partial charge in [0.15, 0.2) is 9.84 Å². The maximum absolute atomic E-state index is 13.6. The summed E-state index contributed by atoms with van der Waals surface area (Å²) in [5.74, 6) is -2.16. The van der Waals surface area contributed by atoms with Crippen molar-refractivity contribution < 1.29 is 82.8 Å². The van der Waals surface area contributed by atoms with Crippen LogP contribution in [0.4, 0.5) is 9.59 Å². The molecule has 37 heteroatoms. The number of unbranched alkanes of at least 4 members (excludes halogenated alkanes) is 1. The SMILES string of the molecule is CN1Cc2c(Cl)cc(Cl)cc2[C@H](c2cccc(S(=O)(=O)CCCOCCOCCNC(=O)NCCCC(CCCCC(=O)CCCOCCOCCNS(=O)(=O)c3cccc([C@@H]4CN(C)Cc5c(Cl)cc(Cl)cc54)c3)(CCCNC(=O)NCCOCCOCCNS(=O)(=O)c3cccc([C@@H]4CN(C)Cc5c(Cl)cc(Cl)cc54)c3)NC(=O)CCC(=O)O)c2)C1. The third-order valence-corrected chi connectivity index (χ3v) is 27.9. The lowest BCUT2D eigenvalue weighted by molar-refractivity contribution is -0.139. The number of ether oxygens (including phenoxy) is 6. The van der Waals surface area contributed by atoms with Crippen LogP contribution in [-0.2, 0) is 92.3 Å². The highest BCUT2D eigenvalue weighted by Crippen LogP contribution is 2.43. The largest absolute Gasteiger partial charge is 0.481 e. The molecule has 0 saturated heterocycles. The third kappa shape index (κ3) is 32.7. The fourth-order valence-electron chi connectivity index (χ4n) is 15.5. The number of carboxylic acid groups (broad SMARTS) is 1. The van der Waals surface area contributed by atoms with Crippen molar-refractivity contribution in [3.8, 4) is 0 Å². The van der Waals surface area contributed by atoms with Crippen molar-refractivity contribution in [1.82, 2.24) is 50.7 Å². The second-order valence-corrected chi connectivity index (χ2v) is 39.3. The fraction of sp³-hybridized carbons (Fsp3) is 0.523. The summed E-state index contributed by atoms with van der Waals surface area (Å²) in [5.41, 5.74) is 7.34. The molecule has 123 heavy (non-hydrogen) atoms. The molecule has 3 aliphatic rings. The zero-order chi connectivity index (χ0) is 88.5. The smallest absolute Gasteiger partial charge is 0.314 e. The summed E-state index contributed by atoms with van der Waals surface area (Å²) in [5, 5.41) is 27.1. The first-order valence-electron chi connectivity index (χ1n) is 41.4. The van der Waals surface area contributed by atoms with E-state index >= 15 is 0 Å². The highest BCUT2D eigenvalue weighted by atomic mass is 35.5. The monoisotopic (exact) mass is 1880 g/mol. The highest BCUT2D eigenvalue weighted by molar-refractivity contribution is 7.91. The zero-order valence-electron chi connectivity index (χ0n) is 69.7. The molecule has 6 aromatic carbocycles. The number of ketones is 1. The van der Waals surface area contributed by atoms with Crippen molar-refractivity contribution in [3.05, 3.63) is 189 Å². The van der Waals surface area contributed by atoms with E-state index in [1.807, 2.05) is 57.5 Å². The first-order chi connectivity index (χ1) is 58.9. The number of nitrogens with one attached hydrogen (secondary N) is 7. The van der Waals surface area contributed by atoms with E-state index in [2.05, 4.69) is 50.7 Å². The number of rotatable bonds is 54. The van der Waals surface area contributed by atoms with Crippen LogP contribution in [0.2, 0.25) is 30.1 Å². The van der Waals surface area contributed by atoms with Gasteiger partial charge in [-0.3, -0.25) is 14.4 Å². The molecule has 28 nitrogen and oxygen atoms in total. The Bertz CT molecular complexity index is 4430. The van der Waals surface area contributed by atoms with Crippen LogP contribution in [0.5, 0.6) is 0 Å². The number of halogens is 6. The molecule has 676 valence electrons. The second-order valence-electron chi connectivity index (χ2n) is 31.1. The zero-order valence-corrected chi connectivity index (χ0v) is 76.7. The maximum Gasteiger partial charge on any atom is 0.314 e. The maximum atomic E-state index is 13.6. The minimum absolute atomic E-state index is 0.0103. The number of amides is 5. The number of aliphatic carboxylic acids is 1. The lowest BCUT2D eigenvalue weighted by Gasteiger charge is -2.36. The summed E-state index contributed by atoms with van der Waals surface area (Å²) in [6, 6.07) is 30.5. The molecule has 0 saturated carbocycles. The lowest BCUT2D eigenvalue weighted by atomic mass is 9.82. The van der Waals surface area contributed by atoms with E-state index in [-0.39, 0.29) is 188 Å². The Hall–Kier alpha value is -6.38. The van der Waals surface area contributed by atoms with Gasteiger partial charge in [0.05, 0.1) is 92.9 Å². The molecule has 5 amide bonds. The molecule has 3 aliphatic heterocycles. The van der Waals surface area contributed by atoms with Crippen molar-refractivity contribution in [2.45, 2.75) is 141 Å². The minimum Gasteiger partial charge on any atom is -0.481 e. The summed E-state index contributed by atoms with van der Waals surface area (Å²) in [4.78, 5) is 71.4. The number of sulfonamides is 2. The number of benzene rings is 6. The normalized spacial score (nSPS) is 16.3. The van der Waals surface area contributed by atoms with E-state index < -0.39 is 65.8 Å². The van der Waals surface area contributed by atoms with Crippen LogP contribution in [-0.4, -0.2) is 245 Å². The van der Waals surface area contributed by atoms with Gasteiger partial charge in [-0.15, -0.1) is 0 Å². The van der Waals surface area contributed by atoms with E-state index in [0.717, 1.165) is 50.1 Å².